The van der Waals surface area contributed by atoms with Gasteiger partial charge in [-0.2, -0.15) is 0 Å². The predicted octanol–water partition coefficient (Wildman–Crippen LogP) is 2.74. The molecule has 8 heavy (non-hydrogen) atoms. The third kappa shape index (κ3) is 1.63. The first kappa shape index (κ1) is 6.36. The fraction of sp³-hybridized carbons (Fsp3) is 0. The summed E-state index contributed by atoms with van der Waals surface area (Å²) in [7, 11) is 0. The Morgan fingerprint density at radius 1 is 1.50 bits per heavy atom. The summed E-state index contributed by atoms with van der Waals surface area (Å²) in [6.07, 6.45) is 0. The summed E-state index contributed by atoms with van der Waals surface area (Å²) in [5.41, 5.74) is 0. The highest BCUT2D eigenvalue weighted by atomic mass is 127. The van der Waals surface area contributed by atoms with Crippen LogP contribution in [0.1, 0.15) is 0 Å². The van der Waals surface area contributed by atoms with Crippen molar-refractivity contribution >= 4 is 34.2 Å². The van der Waals surface area contributed by atoms with E-state index in [4.69, 9.17) is 11.6 Å². The number of hydrogen-bond donors (Lipinski definition) is 0. The van der Waals surface area contributed by atoms with Crippen molar-refractivity contribution in [3.63, 3.8) is 0 Å². The van der Waals surface area contributed by atoms with E-state index in [-0.39, 0.29) is 0 Å². The van der Waals surface area contributed by atoms with E-state index in [9.17, 15) is 0 Å². The van der Waals surface area contributed by atoms with E-state index in [0.717, 1.165) is 3.57 Å². The molecule has 1 aromatic carbocycles. The van der Waals surface area contributed by atoms with Crippen LogP contribution in [-0.2, 0) is 0 Å². The van der Waals surface area contributed by atoms with Gasteiger partial charge in [0.2, 0.25) is 0 Å². The number of hydrogen-bond acceptors (Lipinski definition) is 0. The first-order valence-electron chi connectivity index (χ1n) is 2.12. The van der Waals surface area contributed by atoms with Crippen LogP contribution >= 0.6 is 34.2 Å². The fourth-order valence-electron chi connectivity index (χ4n) is 0.387. The number of rotatable bonds is 0. The highest BCUT2D eigenvalue weighted by Gasteiger charge is 1.84. The highest BCUT2D eigenvalue weighted by molar-refractivity contribution is 14.1. The molecule has 0 aliphatic rings. The maximum Gasteiger partial charge on any atom is 0.0485 e. The molecule has 0 amide bonds. The van der Waals surface area contributed by atoms with Crippen molar-refractivity contribution in [3.05, 3.63) is 32.9 Å². The Labute approximate surface area is 67.0 Å². The van der Waals surface area contributed by atoms with Crippen LogP contribution in [0, 0.1) is 9.64 Å². The fourth-order valence-corrected chi connectivity index (χ4v) is 0.840. The van der Waals surface area contributed by atoms with Crippen LogP contribution in [0.2, 0.25) is 5.02 Å². The van der Waals surface area contributed by atoms with Crippen molar-refractivity contribution < 1.29 is 0 Å². The average molecular weight is 237 g/mol. The zero-order valence-corrected chi connectivity index (χ0v) is 6.90. The molecule has 0 saturated carbocycles. The number of halogens is 2. The Kier molecular flexibility index (Phi) is 2.14. The van der Waals surface area contributed by atoms with Crippen molar-refractivity contribution in [3.8, 4) is 0 Å². The zero-order chi connectivity index (χ0) is 5.98. The van der Waals surface area contributed by atoms with Crippen molar-refractivity contribution in [2.24, 2.45) is 0 Å². The molecule has 0 saturated heterocycles. The largest absolute Gasteiger partial charge is 0.0837 e. The molecule has 0 N–H and O–H groups in total. The molecule has 0 aliphatic heterocycles. The summed E-state index contributed by atoms with van der Waals surface area (Å²) < 4.78 is 1.16. The molecule has 1 radical (unpaired) electrons. The van der Waals surface area contributed by atoms with Gasteiger partial charge < -0.3 is 0 Å². The molecule has 0 nitrogen and oxygen atoms in total. The second-order valence-corrected chi connectivity index (χ2v) is 3.01. The SMILES string of the molecule is Clc1[c]cc(I)cc1. The molecule has 0 heterocycles. The predicted molar refractivity (Wildman–Crippen MR) is 43.0 cm³/mol. The van der Waals surface area contributed by atoms with Gasteiger partial charge in [-0.1, -0.05) is 11.6 Å². The van der Waals surface area contributed by atoms with Gasteiger partial charge in [0.1, 0.15) is 0 Å². The van der Waals surface area contributed by atoms with E-state index in [2.05, 4.69) is 28.7 Å². The van der Waals surface area contributed by atoms with Crippen LogP contribution in [0.3, 0.4) is 0 Å². The summed E-state index contributed by atoms with van der Waals surface area (Å²) in [5, 5.41) is 0.672. The lowest BCUT2D eigenvalue weighted by Gasteiger charge is -1.85. The minimum absolute atomic E-state index is 0.672. The maximum absolute atomic E-state index is 5.55. The smallest absolute Gasteiger partial charge is 0.0485 e. The van der Waals surface area contributed by atoms with Crippen LogP contribution < -0.4 is 0 Å². The second-order valence-electron chi connectivity index (χ2n) is 1.35. The summed E-state index contributed by atoms with van der Waals surface area (Å²) in [4.78, 5) is 0. The lowest BCUT2D eigenvalue weighted by Crippen LogP contribution is -1.66. The quantitative estimate of drug-likeness (QED) is 0.609. The van der Waals surface area contributed by atoms with Gasteiger partial charge in [0.15, 0.2) is 0 Å². The standard InChI is InChI=1S/C6H3ClI/c7-5-1-3-6(8)4-2-5/h1,3-4H. The summed E-state index contributed by atoms with van der Waals surface area (Å²) in [6.45, 7) is 0. The first-order valence-corrected chi connectivity index (χ1v) is 3.57. The third-order valence-corrected chi connectivity index (χ3v) is 1.64. The van der Waals surface area contributed by atoms with E-state index in [1.807, 2.05) is 18.2 Å². The Morgan fingerprint density at radius 2 is 2.25 bits per heavy atom. The van der Waals surface area contributed by atoms with E-state index in [1.54, 1.807) is 0 Å². The minimum atomic E-state index is 0.672. The van der Waals surface area contributed by atoms with Gasteiger partial charge in [-0.15, -0.1) is 0 Å². The molecule has 0 fully saturated rings. The van der Waals surface area contributed by atoms with Crippen molar-refractivity contribution in [2.45, 2.75) is 0 Å². The molecular formula is C6H3ClI. The van der Waals surface area contributed by atoms with Crippen LogP contribution in [0.25, 0.3) is 0 Å². The zero-order valence-electron chi connectivity index (χ0n) is 3.99. The van der Waals surface area contributed by atoms with Crippen LogP contribution in [0.5, 0.6) is 0 Å². The van der Waals surface area contributed by atoms with Gasteiger partial charge in [0.05, 0.1) is 0 Å². The van der Waals surface area contributed by atoms with Gasteiger partial charge >= 0.3 is 0 Å². The minimum Gasteiger partial charge on any atom is -0.0837 e. The van der Waals surface area contributed by atoms with Crippen LogP contribution in [0.15, 0.2) is 18.2 Å². The number of benzene rings is 1. The molecule has 0 bridgehead atoms. The van der Waals surface area contributed by atoms with E-state index >= 15 is 0 Å². The molecule has 0 unspecified atom stereocenters. The monoisotopic (exact) mass is 237 g/mol. The van der Waals surface area contributed by atoms with E-state index in [0.29, 0.717) is 5.02 Å². The van der Waals surface area contributed by atoms with Crippen LogP contribution in [-0.4, -0.2) is 0 Å². The summed E-state index contributed by atoms with van der Waals surface area (Å²) >= 11 is 7.76. The highest BCUT2D eigenvalue weighted by Crippen LogP contribution is 2.09. The van der Waals surface area contributed by atoms with Gasteiger partial charge in [-0.3, -0.25) is 0 Å². The molecule has 41 valence electrons. The van der Waals surface area contributed by atoms with Crippen molar-refractivity contribution in [2.75, 3.05) is 0 Å². The van der Waals surface area contributed by atoms with Crippen molar-refractivity contribution in [1.82, 2.24) is 0 Å². The van der Waals surface area contributed by atoms with Gasteiger partial charge in [-0.05, 0) is 40.8 Å². The van der Waals surface area contributed by atoms with Gasteiger partial charge in [-0.25, -0.2) is 0 Å². The van der Waals surface area contributed by atoms with Crippen LogP contribution in [0.4, 0.5) is 0 Å². The van der Waals surface area contributed by atoms with E-state index in [1.165, 1.54) is 0 Å². The Bertz CT molecular complexity index is 147. The molecule has 0 aromatic heterocycles. The van der Waals surface area contributed by atoms with Gasteiger partial charge in [0.25, 0.3) is 0 Å². The third-order valence-electron chi connectivity index (χ3n) is 0.737. The Balaban J connectivity index is 3.03. The molecule has 0 aliphatic carbocycles. The molecule has 0 atom stereocenters. The molecule has 1 rings (SSSR count). The summed E-state index contributed by atoms with van der Waals surface area (Å²) in [6, 6.07) is 8.47. The lowest BCUT2D eigenvalue weighted by atomic mass is 10.4. The van der Waals surface area contributed by atoms with E-state index < -0.39 is 0 Å². The molecular weight excluding hydrogens is 234 g/mol. The Hall–Kier alpha value is 0.240. The van der Waals surface area contributed by atoms with Gasteiger partial charge in [0, 0.05) is 14.7 Å². The topological polar surface area (TPSA) is 0 Å². The Morgan fingerprint density at radius 3 is 2.62 bits per heavy atom. The van der Waals surface area contributed by atoms with Crippen molar-refractivity contribution in [1.29, 1.82) is 0 Å². The normalized spacial score (nSPS) is 9.25. The average Bonchev–Trinajstić information content (AvgIpc) is 1.77. The molecule has 1 aromatic rings. The first-order chi connectivity index (χ1) is 3.79. The lowest BCUT2D eigenvalue weighted by molar-refractivity contribution is 1.63. The molecule has 0 spiro atoms. The second kappa shape index (κ2) is 2.69. The summed E-state index contributed by atoms with van der Waals surface area (Å²) in [5.74, 6) is 0. The molecule has 2 heteroatoms. The maximum atomic E-state index is 5.55.